The molecule has 6 rings (SSSR count). The number of urea groups is 1. The maximum absolute atomic E-state index is 13.5. The first kappa shape index (κ1) is 16.8. The van der Waals surface area contributed by atoms with Gasteiger partial charge in [-0.3, -0.25) is 0 Å². The molecule has 2 aromatic carbocycles. The molecule has 3 aliphatic carbocycles. The van der Waals surface area contributed by atoms with E-state index in [1.54, 1.807) is 12.1 Å². The molecule has 0 aromatic heterocycles. The minimum Gasteiger partial charge on any atom is -0.332 e. The van der Waals surface area contributed by atoms with Crippen LogP contribution in [0.3, 0.4) is 0 Å². The van der Waals surface area contributed by atoms with Crippen molar-refractivity contribution < 1.29 is 9.18 Å². The van der Waals surface area contributed by atoms with Gasteiger partial charge in [0, 0.05) is 17.6 Å². The van der Waals surface area contributed by atoms with E-state index in [0.717, 1.165) is 36.8 Å². The molecule has 27 heavy (non-hydrogen) atoms. The fourth-order valence-corrected chi connectivity index (χ4v) is 5.27. The molecule has 1 aliphatic heterocycles. The second-order valence-electron chi connectivity index (χ2n) is 8.37. The lowest BCUT2D eigenvalue weighted by molar-refractivity contribution is -0.0937. The van der Waals surface area contributed by atoms with Gasteiger partial charge in [-0.2, -0.15) is 0 Å². The van der Waals surface area contributed by atoms with Crippen LogP contribution in [0.5, 0.6) is 0 Å². The van der Waals surface area contributed by atoms with Crippen molar-refractivity contribution in [3.8, 4) is 0 Å². The molecular weight excluding hydrogens is 341 g/mol. The van der Waals surface area contributed by atoms with Gasteiger partial charge in [0.15, 0.2) is 0 Å². The van der Waals surface area contributed by atoms with Gasteiger partial charge in [0.25, 0.3) is 0 Å². The Morgan fingerprint density at radius 3 is 2.48 bits per heavy atom. The van der Waals surface area contributed by atoms with E-state index in [1.807, 2.05) is 24.1 Å². The molecule has 3 saturated carbocycles. The lowest BCUT2D eigenvalue weighted by Crippen LogP contribution is -2.83. The summed E-state index contributed by atoms with van der Waals surface area (Å²) in [6, 6.07) is 14.6. The van der Waals surface area contributed by atoms with E-state index in [0.29, 0.717) is 6.54 Å². The number of nitrogens with one attached hydrogen (secondary N) is 2. The number of nitrogens with zero attached hydrogens (tertiary/aromatic N) is 1. The van der Waals surface area contributed by atoms with Crippen molar-refractivity contribution in [3.63, 3.8) is 0 Å². The number of halogens is 1. The third kappa shape index (κ3) is 2.56. The number of hydrogen-bond acceptors (Lipinski definition) is 2. The van der Waals surface area contributed by atoms with E-state index in [2.05, 4.69) is 22.8 Å². The summed E-state index contributed by atoms with van der Waals surface area (Å²) in [5.74, 6) is -0.259. The maximum Gasteiger partial charge on any atom is 0.318 e. The van der Waals surface area contributed by atoms with Gasteiger partial charge < -0.3 is 15.5 Å². The predicted molar refractivity (Wildman–Crippen MR) is 102 cm³/mol. The quantitative estimate of drug-likeness (QED) is 0.876. The number of amides is 2. The SMILES string of the molecule is CNC12CC(NC(=O)N3CCc4ccccc4[C@@H]3c3ccc(F)cc3)(C1)C2. The molecule has 2 bridgehead atoms. The highest BCUT2D eigenvalue weighted by Crippen LogP contribution is 2.60. The highest BCUT2D eigenvalue weighted by atomic mass is 19.1. The molecule has 1 atom stereocenters. The third-order valence-corrected chi connectivity index (χ3v) is 6.66. The Hall–Kier alpha value is -2.40. The molecule has 5 heteroatoms. The Morgan fingerprint density at radius 1 is 1.07 bits per heavy atom. The number of fused-ring (bicyclic) bond motifs is 1. The summed E-state index contributed by atoms with van der Waals surface area (Å²) in [4.78, 5) is 15.1. The summed E-state index contributed by atoms with van der Waals surface area (Å²) in [6.45, 7) is 0.665. The van der Waals surface area contributed by atoms with Crippen LogP contribution in [-0.4, -0.2) is 35.6 Å². The first-order valence-corrected chi connectivity index (χ1v) is 9.64. The highest BCUT2D eigenvalue weighted by Gasteiger charge is 2.68. The van der Waals surface area contributed by atoms with Crippen LogP contribution >= 0.6 is 0 Å². The molecule has 2 amide bonds. The number of benzene rings is 2. The fourth-order valence-electron chi connectivity index (χ4n) is 5.27. The molecule has 2 aromatic rings. The molecule has 3 fully saturated rings. The van der Waals surface area contributed by atoms with Gasteiger partial charge >= 0.3 is 6.03 Å². The normalized spacial score (nSPS) is 30.7. The maximum atomic E-state index is 13.5. The van der Waals surface area contributed by atoms with E-state index in [-0.39, 0.29) is 29.0 Å². The van der Waals surface area contributed by atoms with E-state index in [1.165, 1.54) is 17.7 Å². The van der Waals surface area contributed by atoms with Crippen molar-refractivity contribution in [2.75, 3.05) is 13.6 Å². The predicted octanol–water partition coefficient (Wildman–Crippen LogP) is 3.38. The van der Waals surface area contributed by atoms with Crippen molar-refractivity contribution in [2.45, 2.75) is 42.8 Å². The van der Waals surface area contributed by atoms with Crippen LogP contribution in [0.4, 0.5) is 9.18 Å². The third-order valence-electron chi connectivity index (χ3n) is 6.66. The molecular formula is C22H24FN3O. The van der Waals surface area contributed by atoms with E-state index < -0.39 is 0 Å². The molecule has 0 spiro atoms. The zero-order chi connectivity index (χ0) is 18.6. The Balaban J connectivity index is 1.44. The average molecular weight is 365 g/mol. The minimum absolute atomic E-state index is 0.0109. The topological polar surface area (TPSA) is 44.4 Å². The Morgan fingerprint density at radius 2 is 1.78 bits per heavy atom. The summed E-state index contributed by atoms with van der Waals surface area (Å²) in [5.41, 5.74) is 3.55. The minimum atomic E-state index is -0.259. The van der Waals surface area contributed by atoms with E-state index in [4.69, 9.17) is 0 Å². The van der Waals surface area contributed by atoms with E-state index in [9.17, 15) is 9.18 Å². The Bertz CT molecular complexity index is 875. The number of hydrogen-bond donors (Lipinski definition) is 2. The van der Waals surface area contributed by atoms with Crippen molar-refractivity contribution in [1.29, 1.82) is 0 Å². The van der Waals surface area contributed by atoms with Gasteiger partial charge in [0.2, 0.25) is 0 Å². The Labute approximate surface area is 158 Å². The van der Waals surface area contributed by atoms with Crippen LogP contribution in [0.25, 0.3) is 0 Å². The first-order chi connectivity index (χ1) is 13.0. The molecule has 140 valence electrons. The molecule has 2 N–H and O–H groups in total. The first-order valence-electron chi connectivity index (χ1n) is 9.64. The molecule has 1 heterocycles. The van der Waals surface area contributed by atoms with Crippen molar-refractivity contribution in [3.05, 3.63) is 71.0 Å². The lowest BCUT2D eigenvalue weighted by atomic mass is 9.44. The summed E-state index contributed by atoms with van der Waals surface area (Å²) in [7, 11) is 2.00. The molecule has 4 nitrogen and oxygen atoms in total. The van der Waals surface area contributed by atoms with Gasteiger partial charge in [0.1, 0.15) is 5.82 Å². The van der Waals surface area contributed by atoms with E-state index >= 15 is 0 Å². The molecule has 4 aliphatic rings. The Kier molecular flexibility index (Phi) is 3.60. The lowest BCUT2D eigenvalue weighted by Gasteiger charge is -2.70. The van der Waals surface area contributed by atoms with Gasteiger partial charge in [-0.05, 0) is 61.6 Å². The van der Waals surface area contributed by atoms with Crippen LogP contribution in [-0.2, 0) is 6.42 Å². The smallest absolute Gasteiger partial charge is 0.318 e. The summed E-state index contributed by atoms with van der Waals surface area (Å²) >= 11 is 0. The molecule has 0 radical (unpaired) electrons. The monoisotopic (exact) mass is 365 g/mol. The van der Waals surface area contributed by atoms with Crippen molar-refractivity contribution >= 4 is 6.03 Å². The van der Waals surface area contributed by atoms with Crippen LogP contribution in [0.15, 0.2) is 48.5 Å². The number of carbonyl (C=O) groups is 1. The van der Waals surface area contributed by atoms with Gasteiger partial charge in [-0.15, -0.1) is 0 Å². The second kappa shape index (κ2) is 5.80. The van der Waals surface area contributed by atoms with Crippen molar-refractivity contribution in [2.24, 2.45) is 0 Å². The molecule has 0 saturated heterocycles. The van der Waals surface area contributed by atoms with Crippen LogP contribution in [0, 0.1) is 5.82 Å². The molecule has 0 unspecified atom stereocenters. The van der Waals surface area contributed by atoms with Gasteiger partial charge in [-0.25, -0.2) is 9.18 Å². The standard InChI is InChI=1S/C22H24FN3O/c1-24-21-12-22(13-21,14-21)25-20(27)26-11-10-15-4-2-3-5-18(15)19(26)16-6-8-17(23)9-7-16/h2-9,19,24H,10-14H2,1H3,(H,25,27)/t19-,21?,22?/m0/s1. The zero-order valence-electron chi connectivity index (χ0n) is 15.5. The number of rotatable bonds is 3. The van der Waals surface area contributed by atoms with Gasteiger partial charge in [-0.1, -0.05) is 36.4 Å². The van der Waals surface area contributed by atoms with Crippen LogP contribution in [0.2, 0.25) is 0 Å². The largest absolute Gasteiger partial charge is 0.332 e. The van der Waals surface area contributed by atoms with Crippen molar-refractivity contribution in [1.82, 2.24) is 15.5 Å². The number of carbonyl (C=O) groups excluding carboxylic acids is 1. The highest BCUT2D eigenvalue weighted by molar-refractivity contribution is 5.78. The fraction of sp³-hybridized carbons (Fsp3) is 0.409. The second-order valence-corrected chi connectivity index (χ2v) is 8.37. The van der Waals surface area contributed by atoms with Crippen LogP contribution < -0.4 is 10.6 Å². The average Bonchev–Trinajstić information content (AvgIpc) is 2.63. The van der Waals surface area contributed by atoms with Crippen LogP contribution in [0.1, 0.15) is 42.0 Å². The van der Waals surface area contributed by atoms with Gasteiger partial charge in [0.05, 0.1) is 6.04 Å². The summed E-state index contributed by atoms with van der Waals surface area (Å²) in [5, 5.41) is 6.68. The summed E-state index contributed by atoms with van der Waals surface area (Å²) < 4.78 is 13.5. The zero-order valence-corrected chi connectivity index (χ0v) is 15.5. The summed E-state index contributed by atoms with van der Waals surface area (Å²) in [6.07, 6.45) is 3.87.